The van der Waals surface area contributed by atoms with E-state index in [9.17, 15) is 0 Å². The van der Waals surface area contributed by atoms with Crippen molar-refractivity contribution < 1.29 is 0 Å². The number of aromatic nitrogens is 6. The average molecular weight is 454 g/mol. The van der Waals surface area contributed by atoms with Crippen LogP contribution in [0, 0.1) is 0 Å². The molecule has 5 heterocycles. The van der Waals surface area contributed by atoms with E-state index in [2.05, 4.69) is 46.1 Å². The minimum atomic E-state index is 0.483. The Labute approximate surface area is 175 Å². The number of rotatable bonds is 4. The van der Waals surface area contributed by atoms with Crippen molar-refractivity contribution >= 4 is 44.5 Å². The van der Waals surface area contributed by atoms with Gasteiger partial charge in [0.05, 0.1) is 28.2 Å². The van der Waals surface area contributed by atoms with Crippen molar-refractivity contribution in [1.82, 2.24) is 34.4 Å². The first kappa shape index (κ1) is 17.2. The zero-order chi connectivity index (χ0) is 19.4. The van der Waals surface area contributed by atoms with Crippen molar-refractivity contribution in [3.63, 3.8) is 0 Å². The molecule has 148 valence electrons. The highest BCUT2D eigenvalue weighted by Gasteiger charge is 2.34. The van der Waals surface area contributed by atoms with Crippen LogP contribution in [-0.4, -0.2) is 66.7 Å². The summed E-state index contributed by atoms with van der Waals surface area (Å²) in [5, 5.41) is 7.83. The number of nitrogens with zero attached hydrogens (tertiary/aromatic N) is 7. The zero-order valence-corrected chi connectivity index (χ0v) is 17.3. The smallest absolute Gasteiger partial charge is 0.231 e. The maximum absolute atomic E-state index is 4.85. The molecule has 6 rings (SSSR count). The molecule has 0 radical (unpaired) electrons. The van der Waals surface area contributed by atoms with Crippen LogP contribution in [0.2, 0.25) is 0 Å². The summed E-state index contributed by atoms with van der Waals surface area (Å²) in [6.45, 7) is 4.80. The van der Waals surface area contributed by atoms with E-state index < -0.39 is 0 Å². The highest BCUT2D eigenvalue weighted by molar-refractivity contribution is 9.10. The predicted molar refractivity (Wildman–Crippen MR) is 114 cm³/mol. The summed E-state index contributed by atoms with van der Waals surface area (Å²) in [6.07, 6.45) is 2.92. The fourth-order valence-corrected chi connectivity index (χ4v) is 4.65. The maximum atomic E-state index is 4.85. The van der Waals surface area contributed by atoms with E-state index in [-0.39, 0.29) is 0 Å². The number of para-hydroxylation sites is 2. The molecule has 4 aromatic rings. The standard InChI is InChI=1S/C19H20BrN9/c20-13-9-22-29-17(13)25-19(28-8-7-27-6-5-12(28)11-27)26-18(29)21-10-16-23-14-3-1-2-4-15(14)24-16/h1-4,9,12H,5-8,10-11H2,(H,23,24)(H,21,25,26). The fourth-order valence-electron chi connectivity index (χ4n) is 4.30. The Balaban J connectivity index is 1.34. The van der Waals surface area contributed by atoms with Crippen LogP contribution in [0.15, 0.2) is 34.9 Å². The molecule has 2 bridgehead atoms. The van der Waals surface area contributed by atoms with Gasteiger partial charge in [-0.25, -0.2) is 4.98 Å². The molecule has 0 spiro atoms. The second kappa shape index (κ2) is 6.67. The van der Waals surface area contributed by atoms with Gasteiger partial charge in [0.25, 0.3) is 0 Å². The van der Waals surface area contributed by atoms with Crippen molar-refractivity contribution in [2.24, 2.45) is 0 Å². The molecule has 10 heteroatoms. The van der Waals surface area contributed by atoms with Crippen molar-refractivity contribution in [3.05, 3.63) is 40.8 Å². The van der Waals surface area contributed by atoms with Gasteiger partial charge in [-0.05, 0) is 34.5 Å². The number of fused-ring (bicyclic) bond motifs is 4. The molecule has 2 N–H and O–H groups in total. The summed E-state index contributed by atoms with van der Waals surface area (Å²) in [5.41, 5.74) is 2.75. The number of H-pyrrole nitrogens is 1. The fraction of sp³-hybridized carbons (Fsp3) is 0.368. The first-order valence-corrected chi connectivity index (χ1v) is 10.6. The number of benzene rings is 1. The van der Waals surface area contributed by atoms with Gasteiger partial charge in [-0.15, -0.1) is 0 Å². The molecule has 2 aliphatic rings. The molecule has 2 atom stereocenters. The van der Waals surface area contributed by atoms with Gasteiger partial charge < -0.3 is 15.2 Å². The summed E-state index contributed by atoms with van der Waals surface area (Å²) >= 11 is 3.57. The first-order chi connectivity index (χ1) is 14.2. The van der Waals surface area contributed by atoms with Crippen LogP contribution >= 0.6 is 15.9 Å². The van der Waals surface area contributed by atoms with Crippen molar-refractivity contribution in [1.29, 1.82) is 0 Å². The summed E-state index contributed by atoms with van der Waals surface area (Å²) < 4.78 is 2.60. The molecular weight excluding hydrogens is 434 g/mol. The Morgan fingerprint density at radius 2 is 2.07 bits per heavy atom. The normalized spacial score (nSPS) is 21.3. The Bertz CT molecular complexity index is 1170. The molecule has 9 nitrogen and oxygen atoms in total. The number of nitrogens with one attached hydrogen (secondary N) is 2. The van der Waals surface area contributed by atoms with Crippen molar-refractivity contribution in [3.8, 4) is 0 Å². The van der Waals surface area contributed by atoms with E-state index in [0.717, 1.165) is 65.5 Å². The molecule has 2 fully saturated rings. The number of aromatic amines is 1. The van der Waals surface area contributed by atoms with Crippen LogP contribution in [0.5, 0.6) is 0 Å². The summed E-state index contributed by atoms with van der Waals surface area (Å²) in [5.74, 6) is 2.28. The highest BCUT2D eigenvalue weighted by Crippen LogP contribution is 2.27. The second-order valence-corrected chi connectivity index (χ2v) is 8.42. The van der Waals surface area contributed by atoms with Gasteiger partial charge in [0.2, 0.25) is 11.9 Å². The Morgan fingerprint density at radius 3 is 3.00 bits per heavy atom. The summed E-state index contributed by atoms with van der Waals surface area (Å²) in [4.78, 5) is 22.5. The van der Waals surface area contributed by atoms with Gasteiger partial charge >= 0.3 is 0 Å². The number of imidazole rings is 1. The predicted octanol–water partition coefficient (Wildman–Crippen LogP) is 2.27. The topological polar surface area (TPSA) is 90.3 Å². The van der Waals surface area contributed by atoms with Gasteiger partial charge in [-0.1, -0.05) is 12.1 Å². The lowest BCUT2D eigenvalue weighted by Crippen LogP contribution is -2.47. The Morgan fingerprint density at radius 1 is 1.14 bits per heavy atom. The van der Waals surface area contributed by atoms with E-state index in [1.165, 1.54) is 0 Å². The number of hydrogen-bond donors (Lipinski definition) is 2. The monoisotopic (exact) mass is 453 g/mol. The van der Waals surface area contributed by atoms with Crippen molar-refractivity contribution in [2.45, 2.75) is 19.0 Å². The first-order valence-electron chi connectivity index (χ1n) is 9.82. The molecule has 2 saturated heterocycles. The third kappa shape index (κ3) is 2.94. The minimum Gasteiger partial charge on any atom is -0.347 e. The molecule has 0 aliphatic carbocycles. The van der Waals surface area contributed by atoms with Gasteiger partial charge in [0.15, 0.2) is 5.65 Å². The second-order valence-electron chi connectivity index (χ2n) is 7.57. The summed E-state index contributed by atoms with van der Waals surface area (Å²) in [7, 11) is 0. The maximum Gasteiger partial charge on any atom is 0.231 e. The van der Waals surface area contributed by atoms with Crippen LogP contribution in [0.1, 0.15) is 12.2 Å². The van der Waals surface area contributed by atoms with E-state index in [1.54, 1.807) is 10.7 Å². The zero-order valence-electron chi connectivity index (χ0n) is 15.7. The van der Waals surface area contributed by atoms with E-state index in [4.69, 9.17) is 9.97 Å². The van der Waals surface area contributed by atoms with E-state index in [0.29, 0.717) is 18.5 Å². The third-order valence-electron chi connectivity index (χ3n) is 5.77. The number of halogens is 1. The SMILES string of the molecule is Brc1cnn2c(NCc3nc4ccccc4[nH]3)nc(N3CCN4CCC3C4)nc12. The van der Waals surface area contributed by atoms with Gasteiger partial charge in [0.1, 0.15) is 5.82 Å². The average Bonchev–Trinajstić information content (AvgIpc) is 3.44. The Kier molecular flexibility index (Phi) is 3.95. The number of anilines is 2. The third-order valence-corrected chi connectivity index (χ3v) is 6.33. The molecule has 0 saturated carbocycles. The lowest BCUT2D eigenvalue weighted by molar-refractivity contribution is 0.309. The highest BCUT2D eigenvalue weighted by atomic mass is 79.9. The van der Waals surface area contributed by atoms with E-state index >= 15 is 0 Å². The van der Waals surface area contributed by atoms with Gasteiger partial charge in [0, 0.05) is 32.2 Å². The molecule has 3 aromatic heterocycles. The van der Waals surface area contributed by atoms with Crippen LogP contribution in [0.4, 0.5) is 11.9 Å². The molecule has 29 heavy (non-hydrogen) atoms. The van der Waals surface area contributed by atoms with E-state index in [1.807, 2.05) is 24.3 Å². The molecule has 0 amide bonds. The molecule has 2 unspecified atom stereocenters. The molecule has 2 aliphatic heterocycles. The largest absolute Gasteiger partial charge is 0.347 e. The van der Waals surface area contributed by atoms with Gasteiger partial charge in [-0.2, -0.15) is 19.6 Å². The van der Waals surface area contributed by atoms with Crippen molar-refractivity contribution in [2.75, 3.05) is 36.4 Å². The van der Waals surface area contributed by atoms with Crippen LogP contribution in [-0.2, 0) is 6.54 Å². The quantitative estimate of drug-likeness (QED) is 0.489. The number of piperazine rings is 1. The van der Waals surface area contributed by atoms with Crippen LogP contribution in [0.3, 0.4) is 0 Å². The summed E-state index contributed by atoms with van der Waals surface area (Å²) in [6, 6.07) is 8.50. The molecule has 1 aromatic carbocycles. The number of hydrogen-bond acceptors (Lipinski definition) is 7. The minimum absolute atomic E-state index is 0.483. The van der Waals surface area contributed by atoms with Crippen LogP contribution in [0.25, 0.3) is 16.7 Å². The van der Waals surface area contributed by atoms with Crippen LogP contribution < -0.4 is 10.2 Å². The lowest BCUT2D eigenvalue weighted by atomic mass is 10.2. The van der Waals surface area contributed by atoms with Gasteiger partial charge in [-0.3, -0.25) is 4.90 Å². The molecular formula is C19H20BrN9. The Hall–Kier alpha value is -2.72. The lowest BCUT2D eigenvalue weighted by Gasteiger charge is -2.34.